The van der Waals surface area contributed by atoms with Crippen molar-refractivity contribution in [3.63, 3.8) is 0 Å². The molecule has 1 fully saturated rings. The Morgan fingerprint density at radius 1 is 1.35 bits per heavy atom. The van der Waals surface area contributed by atoms with E-state index >= 15 is 0 Å². The van der Waals surface area contributed by atoms with Crippen molar-refractivity contribution in [1.82, 2.24) is 4.31 Å². The highest BCUT2D eigenvalue weighted by Gasteiger charge is 2.39. The summed E-state index contributed by atoms with van der Waals surface area (Å²) in [6.45, 7) is -0.328. The van der Waals surface area contributed by atoms with Crippen molar-refractivity contribution in [2.45, 2.75) is 17.1 Å². The van der Waals surface area contributed by atoms with Crippen LogP contribution in [0.15, 0.2) is 21.5 Å². The molecule has 2 atom stereocenters. The minimum absolute atomic E-state index is 0.0954. The van der Waals surface area contributed by atoms with Gasteiger partial charge in [0.25, 0.3) is 0 Å². The first kappa shape index (κ1) is 15.5. The van der Waals surface area contributed by atoms with Crippen LogP contribution in [0.5, 0.6) is 5.75 Å². The monoisotopic (exact) mass is 366 g/mol. The summed E-state index contributed by atoms with van der Waals surface area (Å²) in [6, 6.07) is 2.75. The molecule has 4 N–H and O–H groups in total. The van der Waals surface area contributed by atoms with Crippen LogP contribution < -0.4 is 10.5 Å². The average Bonchev–Trinajstić information content (AvgIpc) is 2.73. The number of methoxy groups -OCH3 is 1. The van der Waals surface area contributed by atoms with Crippen molar-refractivity contribution >= 4 is 31.6 Å². The van der Waals surface area contributed by atoms with E-state index < -0.39 is 22.2 Å². The zero-order valence-electron chi connectivity index (χ0n) is 10.7. The first-order valence-electron chi connectivity index (χ1n) is 5.76. The minimum atomic E-state index is -3.90. The fourth-order valence-electron chi connectivity index (χ4n) is 1.98. The number of ether oxygens (including phenoxy) is 1. The number of nitrogen functional groups attached to an aromatic ring is 1. The van der Waals surface area contributed by atoms with E-state index in [4.69, 9.17) is 10.5 Å². The summed E-state index contributed by atoms with van der Waals surface area (Å²) < 4.78 is 31.6. The van der Waals surface area contributed by atoms with Crippen LogP contribution >= 0.6 is 15.9 Å². The summed E-state index contributed by atoms with van der Waals surface area (Å²) in [5, 5.41) is 19.0. The van der Waals surface area contributed by atoms with E-state index in [-0.39, 0.29) is 29.4 Å². The van der Waals surface area contributed by atoms with Gasteiger partial charge in [0.1, 0.15) is 10.6 Å². The molecule has 0 spiro atoms. The van der Waals surface area contributed by atoms with Crippen molar-refractivity contribution in [3.05, 3.63) is 16.6 Å². The molecule has 9 heteroatoms. The molecular weight excluding hydrogens is 352 g/mol. The third kappa shape index (κ3) is 2.63. The molecule has 7 nitrogen and oxygen atoms in total. The number of sulfonamides is 1. The molecule has 1 aliphatic heterocycles. The van der Waals surface area contributed by atoms with Crippen molar-refractivity contribution in [3.8, 4) is 5.75 Å². The molecule has 1 heterocycles. The summed E-state index contributed by atoms with van der Waals surface area (Å²) >= 11 is 3.20. The number of nitrogens with zero attached hydrogens (tertiary/aromatic N) is 1. The lowest BCUT2D eigenvalue weighted by molar-refractivity contribution is 0.0572. The second kappa shape index (κ2) is 5.49. The van der Waals surface area contributed by atoms with Crippen LogP contribution in [0, 0.1) is 0 Å². The van der Waals surface area contributed by atoms with E-state index in [9.17, 15) is 18.6 Å². The number of anilines is 1. The van der Waals surface area contributed by atoms with E-state index in [0.29, 0.717) is 4.47 Å². The van der Waals surface area contributed by atoms with Crippen molar-refractivity contribution in [2.24, 2.45) is 0 Å². The fraction of sp³-hybridized carbons (Fsp3) is 0.455. The third-order valence-electron chi connectivity index (χ3n) is 3.13. The fourth-order valence-corrected chi connectivity index (χ4v) is 3.95. The van der Waals surface area contributed by atoms with Gasteiger partial charge in [-0.15, -0.1) is 0 Å². The van der Waals surface area contributed by atoms with Crippen LogP contribution in [-0.4, -0.2) is 55.3 Å². The maximum atomic E-state index is 12.5. The molecule has 2 rings (SSSR count). The van der Waals surface area contributed by atoms with Crippen LogP contribution in [-0.2, 0) is 10.0 Å². The lowest BCUT2D eigenvalue weighted by atomic mass is 10.3. The van der Waals surface area contributed by atoms with Crippen LogP contribution in [0.1, 0.15) is 0 Å². The van der Waals surface area contributed by atoms with Gasteiger partial charge in [-0.3, -0.25) is 0 Å². The zero-order chi connectivity index (χ0) is 15.1. The number of aliphatic hydroxyl groups is 2. The molecule has 0 unspecified atom stereocenters. The van der Waals surface area contributed by atoms with Crippen LogP contribution in [0.25, 0.3) is 0 Å². The van der Waals surface area contributed by atoms with Crippen molar-refractivity contribution in [1.29, 1.82) is 0 Å². The summed E-state index contributed by atoms with van der Waals surface area (Å²) in [6.07, 6.45) is -2.19. The predicted octanol–water partition coefficient (Wildman–Crippen LogP) is -0.234. The van der Waals surface area contributed by atoms with Crippen LogP contribution in [0.4, 0.5) is 5.69 Å². The highest BCUT2D eigenvalue weighted by atomic mass is 79.9. The highest BCUT2D eigenvalue weighted by Crippen LogP contribution is 2.34. The topological polar surface area (TPSA) is 113 Å². The molecule has 0 amide bonds. The Balaban J connectivity index is 2.47. The number of rotatable bonds is 3. The number of hydrogen-bond donors (Lipinski definition) is 3. The Morgan fingerprint density at radius 2 is 1.90 bits per heavy atom. The average molecular weight is 367 g/mol. The third-order valence-corrected chi connectivity index (χ3v) is 5.67. The predicted molar refractivity (Wildman–Crippen MR) is 75.9 cm³/mol. The summed E-state index contributed by atoms with van der Waals surface area (Å²) in [4.78, 5) is -0.0954. The van der Waals surface area contributed by atoms with Gasteiger partial charge in [-0.05, 0) is 28.1 Å². The number of nitrogens with two attached hydrogens (primary N) is 1. The van der Waals surface area contributed by atoms with Crippen molar-refractivity contribution < 1.29 is 23.4 Å². The summed E-state index contributed by atoms with van der Waals surface area (Å²) in [5.74, 6) is 0.141. The normalized spacial score (nSPS) is 24.0. The smallest absolute Gasteiger partial charge is 0.247 e. The molecule has 0 bridgehead atoms. The number of hydrogen-bond acceptors (Lipinski definition) is 6. The zero-order valence-corrected chi connectivity index (χ0v) is 13.1. The molecule has 112 valence electrons. The Bertz CT molecular complexity index is 611. The van der Waals surface area contributed by atoms with Gasteiger partial charge < -0.3 is 20.7 Å². The van der Waals surface area contributed by atoms with Crippen LogP contribution in [0.3, 0.4) is 0 Å². The first-order valence-corrected chi connectivity index (χ1v) is 8.00. The van der Waals surface area contributed by atoms with Crippen LogP contribution in [0.2, 0.25) is 0 Å². The lowest BCUT2D eigenvalue weighted by Crippen LogP contribution is -2.30. The van der Waals surface area contributed by atoms with Gasteiger partial charge in [0, 0.05) is 23.2 Å². The van der Waals surface area contributed by atoms with E-state index in [1.54, 1.807) is 0 Å². The van der Waals surface area contributed by atoms with Gasteiger partial charge in [-0.25, -0.2) is 8.42 Å². The Morgan fingerprint density at radius 3 is 2.40 bits per heavy atom. The molecular formula is C11H15BrN2O5S. The second-order valence-corrected chi connectivity index (χ2v) is 7.24. The summed E-state index contributed by atoms with van der Waals surface area (Å²) in [7, 11) is -2.55. The standard InChI is InChI=1S/C11H15BrN2O5S/c1-19-10-2-6(12)7(13)3-11(10)20(17,18)14-4-8(15)9(16)5-14/h2-3,8-9,15-16H,4-5,13H2,1H3/t8-,9+. The van der Waals surface area contributed by atoms with Gasteiger partial charge >= 0.3 is 0 Å². The van der Waals surface area contributed by atoms with E-state index in [1.807, 2.05) is 0 Å². The summed E-state index contributed by atoms with van der Waals surface area (Å²) in [5.41, 5.74) is 5.96. The Kier molecular flexibility index (Phi) is 4.26. The maximum absolute atomic E-state index is 12.5. The number of halogens is 1. The lowest BCUT2D eigenvalue weighted by Gasteiger charge is -2.18. The first-order chi connectivity index (χ1) is 9.27. The van der Waals surface area contributed by atoms with Gasteiger partial charge in [-0.1, -0.05) is 0 Å². The molecule has 1 aromatic carbocycles. The quantitative estimate of drug-likeness (QED) is 0.636. The number of benzene rings is 1. The highest BCUT2D eigenvalue weighted by molar-refractivity contribution is 9.10. The second-order valence-electron chi connectivity index (χ2n) is 4.48. The van der Waals surface area contributed by atoms with E-state index in [1.165, 1.54) is 19.2 Å². The van der Waals surface area contributed by atoms with E-state index in [2.05, 4.69) is 15.9 Å². The minimum Gasteiger partial charge on any atom is -0.495 e. The molecule has 0 saturated carbocycles. The Labute approximate surface area is 125 Å². The molecule has 0 radical (unpaired) electrons. The molecule has 1 aliphatic rings. The van der Waals surface area contributed by atoms with Gasteiger partial charge in [0.2, 0.25) is 10.0 Å². The van der Waals surface area contributed by atoms with E-state index in [0.717, 1.165) is 4.31 Å². The van der Waals surface area contributed by atoms with Crippen molar-refractivity contribution in [2.75, 3.05) is 25.9 Å². The van der Waals surface area contributed by atoms with Gasteiger partial charge in [-0.2, -0.15) is 4.31 Å². The molecule has 1 saturated heterocycles. The maximum Gasteiger partial charge on any atom is 0.247 e. The van der Waals surface area contributed by atoms with Gasteiger partial charge in [0.05, 0.1) is 19.3 Å². The molecule has 1 aromatic rings. The molecule has 0 aliphatic carbocycles. The molecule has 20 heavy (non-hydrogen) atoms. The number of aliphatic hydroxyl groups excluding tert-OH is 2. The Hall–Kier alpha value is -0.870. The SMILES string of the molecule is COc1cc(Br)c(N)cc1S(=O)(=O)N1C[C@@H](O)[C@@H](O)C1. The molecule has 0 aromatic heterocycles. The largest absolute Gasteiger partial charge is 0.495 e. The number of β-amino-alcohol motifs (C(OH)–C–C–N with tert-alkyl or cyclic N) is 2. The van der Waals surface area contributed by atoms with Gasteiger partial charge in [0.15, 0.2) is 0 Å².